The number of nitrogens with zero attached hydrogens (tertiary/aromatic N) is 2. The highest BCUT2D eigenvalue weighted by Gasteiger charge is 2.31. The summed E-state index contributed by atoms with van der Waals surface area (Å²) < 4.78 is 0. The summed E-state index contributed by atoms with van der Waals surface area (Å²) >= 11 is 0. The minimum absolute atomic E-state index is 0.409. The van der Waals surface area contributed by atoms with Gasteiger partial charge in [-0.05, 0) is 24.3 Å². The van der Waals surface area contributed by atoms with Crippen molar-refractivity contribution >= 4 is 17.3 Å². The molecule has 0 fully saturated rings. The van der Waals surface area contributed by atoms with E-state index in [0.717, 1.165) is 0 Å². The molecule has 3 rings (SSSR count). The van der Waals surface area contributed by atoms with Crippen LogP contribution in [0.3, 0.4) is 0 Å². The Morgan fingerprint density at radius 3 is 2.39 bits per heavy atom. The Kier molecular flexibility index (Phi) is 2.47. The lowest BCUT2D eigenvalue weighted by molar-refractivity contribution is -0.306. The van der Waals surface area contributed by atoms with Crippen molar-refractivity contribution in [3.63, 3.8) is 0 Å². The van der Waals surface area contributed by atoms with Crippen molar-refractivity contribution in [2.24, 2.45) is 0 Å². The number of carbonyl (C=O) groups excluding carboxylic acids is 1. The SMILES string of the molecule is O=C1ON(O)N(c2ccccc2)c2ccccc21. The van der Waals surface area contributed by atoms with Crippen LogP contribution in [-0.2, 0) is 4.84 Å². The van der Waals surface area contributed by atoms with Crippen molar-refractivity contribution in [1.82, 2.24) is 5.34 Å². The third kappa shape index (κ3) is 1.62. The van der Waals surface area contributed by atoms with Crippen LogP contribution in [0.1, 0.15) is 10.4 Å². The summed E-state index contributed by atoms with van der Waals surface area (Å²) in [7, 11) is 0. The molecule has 90 valence electrons. The summed E-state index contributed by atoms with van der Waals surface area (Å²) in [4.78, 5) is 16.4. The van der Waals surface area contributed by atoms with Crippen LogP contribution >= 0.6 is 0 Å². The standard InChI is InChI=1S/C13H10N2O3/c16-13-11-8-4-5-9-12(11)14(15(17)18-13)10-6-2-1-3-7-10/h1-9,17H. The second-order valence-corrected chi connectivity index (χ2v) is 3.80. The zero-order valence-corrected chi connectivity index (χ0v) is 9.35. The molecule has 2 aromatic rings. The fraction of sp³-hybridized carbons (Fsp3) is 0. The smallest absolute Gasteiger partial charge is 0.318 e. The van der Waals surface area contributed by atoms with E-state index in [1.807, 2.05) is 18.2 Å². The van der Waals surface area contributed by atoms with Crippen molar-refractivity contribution in [2.45, 2.75) is 0 Å². The molecule has 0 unspecified atom stereocenters. The Balaban J connectivity index is 2.15. The summed E-state index contributed by atoms with van der Waals surface area (Å²) in [5, 5.41) is 11.6. The Hall–Kier alpha value is -2.37. The van der Waals surface area contributed by atoms with Crippen LogP contribution in [0.15, 0.2) is 54.6 Å². The molecule has 1 aliphatic rings. The monoisotopic (exact) mass is 242 g/mol. The topological polar surface area (TPSA) is 53.0 Å². The van der Waals surface area contributed by atoms with Gasteiger partial charge in [0.1, 0.15) is 0 Å². The van der Waals surface area contributed by atoms with Crippen molar-refractivity contribution in [3.05, 3.63) is 60.2 Å². The van der Waals surface area contributed by atoms with E-state index in [1.165, 1.54) is 5.01 Å². The molecule has 0 bridgehead atoms. The Bertz CT molecular complexity index is 586. The minimum atomic E-state index is -0.583. The average Bonchev–Trinajstić information content (AvgIpc) is 2.40. The first-order chi connectivity index (χ1) is 8.77. The zero-order valence-electron chi connectivity index (χ0n) is 9.35. The quantitative estimate of drug-likeness (QED) is 0.832. The molecule has 5 nitrogen and oxygen atoms in total. The van der Waals surface area contributed by atoms with Crippen molar-refractivity contribution in [1.29, 1.82) is 0 Å². The number of benzene rings is 2. The molecule has 0 aromatic heterocycles. The normalized spacial score (nSPS) is 15.2. The molecular weight excluding hydrogens is 232 g/mol. The molecular formula is C13H10N2O3. The highest BCUT2D eigenvalue weighted by molar-refractivity contribution is 5.97. The summed E-state index contributed by atoms with van der Waals surface area (Å²) in [6, 6.07) is 16.1. The number of carbonyl (C=O) groups is 1. The number of fused-ring (bicyclic) bond motifs is 1. The molecule has 0 atom stereocenters. The Morgan fingerprint density at radius 1 is 0.944 bits per heavy atom. The van der Waals surface area contributed by atoms with Gasteiger partial charge in [0.05, 0.1) is 22.3 Å². The molecule has 5 heteroatoms. The molecule has 0 radical (unpaired) electrons. The molecule has 1 aliphatic heterocycles. The van der Waals surface area contributed by atoms with Gasteiger partial charge in [0.25, 0.3) is 0 Å². The Morgan fingerprint density at radius 2 is 1.61 bits per heavy atom. The van der Waals surface area contributed by atoms with E-state index < -0.39 is 5.97 Å². The van der Waals surface area contributed by atoms with Gasteiger partial charge in [-0.3, -0.25) is 5.21 Å². The van der Waals surface area contributed by atoms with Crippen molar-refractivity contribution in [2.75, 3.05) is 5.01 Å². The van der Waals surface area contributed by atoms with Gasteiger partial charge in [0.15, 0.2) is 0 Å². The fourth-order valence-electron chi connectivity index (χ4n) is 1.89. The molecule has 2 aromatic carbocycles. The molecule has 0 amide bonds. The summed E-state index contributed by atoms with van der Waals surface area (Å²) in [5.74, 6) is -0.583. The maximum Gasteiger partial charge on any atom is 0.363 e. The van der Waals surface area contributed by atoms with Crippen LogP contribution in [0.25, 0.3) is 0 Å². The highest BCUT2D eigenvalue weighted by Crippen LogP contribution is 2.33. The van der Waals surface area contributed by atoms with Gasteiger partial charge in [-0.1, -0.05) is 30.3 Å². The lowest BCUT2D eigenvalue weighted by Crippen LogP contribution is -2.43. The van der Waals surface area contributed by atoms with E-state index in [0.29, 0.717) is 22.3 Å². The van der Waals surface area contributed by atoms with Gasteiger partial charge in [0, 0.05) is 0 Å². The third-order valence-electron chi connectivity index (χ3n) is 2.69. The summed E-state index contributed by atoms with van der Waals surface area (Å²) in [6.45, 7) is 0. The van der Waals surface area contributed by atoms with Crippen LogP contribution < -0.4 is 5.01 Å². The van der Waals surface area contributed by atoms with Crippen LogP contribution in [0, 0.1) is 0 Å². The van der Waals surface area contributed by atoms with E-state index in [9.17, 15) is 10.0 Å². The van der Waals surface area contributed by atoms with Gasteiger partial charge >= 0.3 is 5.97 Å². The first-order valence-corrected chi connectivity index (χ1v) is 5.43. The number of para-hydroxylation sites is 2. The minimum Gasteiger partial charge on any atom is -0.318 e. The van der Waals surface area contributed by atoms with E-state index in [2.05, 4.69) is 0 Å². The second kappa shape index (κ2) is 4.14. The number of anilines is 2. The predicted molar refractivity (Wildman–Crippen MR) is 64.1 cm³/mol. The molecule has 1 heterocycles. The summed E-state index contributed by atoms with van der Waals surface area (Å²) in [6.07, 6.45) is 0. The lowest BCUT2D eigenvalue weighted by Gasteiger charge is -2.34. The van der Waals surface area contributed by atoms with E-state index in [4.69, 9.17) is 4.84 Å². The number of hydrogen-bond acceptors (Lipinski definition) is 5. The van der Waals surface area contributed by atoms with Gasteiger partial charge in [-0.2, -0.15) is 0 Å². The van der Waals surface area contributed by atoms with Gasteiger partial charge in [-0.25, -0.2) is 9.80 Å². The first-order valence-electron chi connectivity index (χ1n) is 5.43. The third-order valence-corrected chi connectivity index (χ3v) is 2.69. The van der Waals surface area contributed by atoms with Gasteiger partial charge < -0.3 is 4.84 Å². The number of rotatable bonds is 1. The number of hydrogen-bond donors (Lipinski definition) is 1. The highest BCUT2D eigenvalue weighted by atomic mass is 16.9. The number of hydrazine groups is 1. The second-order valence-electron chi connectivity index (χ2n) is 3.80. The van der Waals surface area contributed by atoms with Crippen LogP contribution in [0.2, 0.25) is 0 Å². The van der Waals surface area contributed by atoms with E-state index >= 15 is 0 Å². The predicted octanol–water partition coefficient (Wildman–Crippen LogP) is 2.52. The molecule has 0 aliphatic carbocycles. The average molecular weight is 242 g/mol. The molecule has 18 heavy (non-hydrogen) atoms. The van der Waals surface area contributed by atoms with Crippen molar-refractivity contribution < 1.29 is 14.8 Å². The molecule has 0 saturated carbocycles. The lowest BCUT2D eigenvalue weighted by atomic mass is 10.1. The molecule has 0 saturated heterocycles. The van der Waals surface area contributed by atoms with Crippen LogP contribution in [-0.4, -0.2) is 16.5 Å². The first kappa shape index (κ1) is 10.8. The van der Waals surface area contributed by atoms with E-state index in [1.54, 1.807) is 36.4 Å². The molecule has 0 spiro atoms. The zero-order chi connectivity index (χ0) is 12.5. The van der Waals surface area contributed by atoms with Crippen LogP contribution in [0.5, 0.6) is 0 Å². The maximum atomic E-state index is 11.6. The van der Waals surface area contributed by atoms with E-state index in [-0.39, 0.29) is 0 Å². The summed E-state index contributed by atoms with van der Waals surface area (Å²) in [5.41, 5.74) is 1.68. The maximum absolute atomic E-state index is 11.6. The fourth-order valence-corrected chi connectivity index (χ4v) is 1.89. The largest absolute Gasteiger partial charge is 0.363 e. The van der Waals surface area contributed by atoms with Crippen molar-refractivity contribution in [3.8, 4) is 0 Å². The molecule has 1 N–H and O–H groups in total. The Labute approximate surface area is 103 Å². The van der Waals surface area contributed by atoms with Gasteiger partial charge in [-0.15, -0.1) is 0 Å². The van der Waals surface area contributed by atoms with Gasteiger partial charge in [0.2, 0.25) is 0 Å². The van der Waals surface area contributed by atoms with Crippen LogP contribution in [0.4, 0.5) is 11.4 Å².